The number of rotatable bonds is 3. The average molecular weight is 361 g/mol. The zero-order valence-electron chi connectivity index (χ0n) is 14.9. The van der Waals surface area contributed by atoms with Crippen LogP contribution in [0.15, 0.2) is 47.8 Å². The smallest absolute Gasteiger partial charge is 0.165 e. The number of nitrogens with two attached hydrogens (primary N) is 1. The summed E-state index contributed by atoms with van der Waals surface area (Å²) in [5, 5.41) is 11.3. The average Bonchev–Trinajstić information content (AvgIpc) is 3.25. The lowest BCUT2D eigenvalue weighted by Gasteiger charge is -2.06. The molecule has 0 unspecified atom stereocenters. The van der Waals surface area contributed by atoms with Gasteiger partial charge in [-0.15, -0.1) is 16.4 Å². The van der Waals surface area contributed by atoms with Gasteiger partial charge in [-0.05, 0) is 44.0 Å². The first kappa shape index (κ1) is 16.5. The Hall–Kier alpha value is -2.99. The fourth-order valence-corrected chi connectivity index (χ4v) is 3.55. The molecular formula is C20H19N5S. The molecule has 0 saturated heterocycles. The van der Waals surface area contributed by atoms with Crippen molar-refractivity contribution in [3.8, 4) is 27.6 Å². The number of thiazole rings is 1. The Morgan fingerprint density at radius 1 is 0.962 bits per heavy atom. The second-order valence-corrected chi connectivity index (χ2v) is 7.27. The Morgan fingerprint density at radius 3 is 2.46 bits per heavy atom. The lowest BCUT2D eigenvalue weighted by molar-refractivity contribution is 0.809. The Kier molecular flexibility index (Phi) is 4.05. The van der Waals surface area contributed by atoms with Gasteiger partial charge in [-0.3, -0.25) is 0 Å². The molecule has 0 radical (unpaired) electrons. The molecule has 4 rings (SSSR count). The van der Waals surface area contributed by atoms with E-state index >= 15 is 0 Å². The first-order valence-corrected chi connectivity index (χ1v) is 9.22. The summed E-state index contributed by atoms with van der Waals surface area (Å²) in [6.07, 6.45) is 0. The van der Waals surface area contributed by atoms with Crippen molar-refractivity contribution in [3.05, 3.63) is 64.5 Å². The van der Waals surface area contributed by atoms with Crippen molar-refractivity contribution in [1.29, 1.82) is 0 Å². The second-order valence-electron chi connectivity index (χ2n) is 6.41. The van der Waals surface area contributed by atoms with Gasteiger partial charge in [0.15, 0.2) is 11.5 Å². The minimum atomic E-state index is 0.498. The third-order valence-electron chi connectivity index (χ3n) is 4.49. The van der Waals surface area contributed by atoms with Gasteiger partial charge in [-0.1, -0.05) is 41.1 Å². The summed E-state index contributed by atoms with van der Waals surface area (Å²) in [4.78, 5) is 4.70. The highest BCUT2D eigenvalue weighted by Crippen LogP contribution is 2.31. The molecule has 2 aromatic carbocycles. The van der Waals surface area contributed by atoms with Crippen LogP contribution in [0.2, 0.25) is 0 Å². The van der Waals surface area contributed by atoms with Crippen molar-refractivity contribution in [1.82, 2.24) is 20.0 Å². The molecule has 130 valence electrons. The molecule has 5 nitrogen and oxygen atoms in total. The highest BCUT2D eigenvalue weighted by Gasteiger charge is 2.17. The predicted octanol–water partition coefficient (Wildman–Crippen LogP) is 4.57. The maximum absolute atomic E-state index is 6.33. The van der Waals surface area contributed by atoms with Crippen molar-refractivity contribution in [2.45, 2.75) is 20.8 Å². The molecule has 0 amide bonds. The van der Waals surface area contributed by atoms with Gasteiger partial charge < -0.3 is 5.73 Å². The van der Waals surface area contributed by atoms with Crippen LogP contribution in [0.5, 0.6) is 0 Å². The highest BCUT2D eigenvalue weighted by molar-refractivity contribution is 7.13. The van der Waals surface area contributed by atoms with Gasteiger partial charge in [-0.25, -0.2) is 4.98 Å². The Morgan fingerprint density at radius 2 is 1.73 bits per heavy atom. The van der Waals surface area contributed by atoms with E-state index in [0.717, 1.165) is 22.0 Å². The molecule has 2 N–H and O–H groups in total. The molecule has 26 heavy (non-hydrogen) atoms. The minimum absolute atomic E-state index is 0.498. The minimum Gasteiger partial charge on any atom is -0.382 e. The van der Waals surface area contributed by atoms with Crippen LogP contribution in [-0.4, -0.2) is 20.0 Å². The summed E-state index contributed by atoms with van der Waals surface area (Å²) in [6, 6.07) is 14.4. The van der Waals surface area contributed by atoms with Crippen LogP contribution in [0, 0.1) is 20.8 Å². The van der Waals surface area contributed by atoms with E-state index in [4.69, 9.17) is 10.7 Å². The van der Waals surface area contributed by atoms with Gasteiger partial charge in [-0.2, -0.15) is 4.68 Å². The molecule has 2 aromatic heterocycles. The summed E-state index contributed by atoms with van der Waals surface area (Å²) in [7, 11) is 0. The third-order valence-corrected chi connectivity index (χ3v) is 5.34. The van der Waals surface area contributed by atoms with E-state index in [1.54, 1.807) is 4.68 Å². The van der Waals surface area contributed by atoms with Crippen molar-refractivity contribution in [3.63, 3.8) is 0 Å². The van der Waals surface area contributed by atoms with Crippen molar-refractivity contribution >= 4 is 17.2 Å². The van der Waals surface area contributed by atoms with Crippen LogP contribution in [-0.2, 0) is 0 Å². The van der Waals surface area contributed by atoms with Gasteiger partial charge in [0.1, 0.15) is 5.01 Å². The van der Waals surface area contributed by atoms with E-state index < -0.39 is 0 Å². The Balaban J connectivity index is 1.70. The number of nitrogens with zero attached hydrogens (tertiary/aromatic N) is 4. The Bertz CT molecular complexity index is 1080. The zero-order valence-corrected chi connectivity index (χ0v) is 15.7. The van der Waals surface area contributed by atoms with Crippen LogP contribution < -0.4 is 5.73 Å². The standard InChI is InChI=1S/C20H19N5S/c1-12-4-7-15(8-5-12)17-11-26-20(22-17)18-19(21)25(24-23-18)16-9-6-13(2)14(3)10-16/h4-11H,21H2,1-3H3. The van der Waals surface area contributed by atoms with Crippen molar-refractivity contribution < 1.29 is 0 Å². The number of hydrogen-bond acceptors (Lipinski definition) is 5. The lowest BCUT2D eigenvalue weighted by Crippen LogP contribution is -2.03. The summed E-state index contributed by atoms with van der Waals surface area (Å²) >= 11 is 1.52. The maximum Gasteiger partial charge on any atom is 0.165 e. The fourth-order valence-electron chi connectivity index (χ4n) is 2.73. The largest absolute Gasteiger partial charge is 0.382 e. The zero-order chi connectivity index (χ0) is 18.3. The first-order chi connectivity index (χ1) is 12.5. The molecule has 2 heterocycles. The number of aryl methyl sites for hydroxylation is 3. The van der Waals surface area contributed by atoms with Crippen LogP contribution in [0.1, 0.15) is 16.7 Å². The molecule has 0 fully saturated rings. The fraction of sp³-hybridized carbons (Fsp3) is 0.150. The first-order valence-electron chi connectivity index (χ1n) is 8.34. The summed E-state index contributed by atoms with van der Waals surface area (Å²) in [6.45, 7) is 6.22. The van der Waals surface area contributed by atoms with Crippen molar-refractivity contribution in [2.24, 2.45) is 0 Å². The molecule has 0 saturated carbocycles. The number of benzene rings is 2. The molecule has 0 bridgehead atoms. The van der Waals surface area contributed by atoms with Crippen LogP contribution in [0.25, 0.3) is 27.6 Å². The van der Waals surface area contributed by atoms with Gasteiger partial charge in [0, 0.05) is 10.9 Å². The van der Waals surface area contributed by atoms with Crippen LogP contribution in [0.4, 0.5) is 5.82 Å². The third kappa shape index (κ3) is 2.88. The number of aromatic nitrogens is 4. The summed E-state index contributed by atoms with van der Waals surface area (Å²) in [5.41, 5.74) is 13.5. The van der Waals surface area contributed by atoms with E-state index in [2.05, 4.69) is 67.5 Å². The monoisotopic (exact) mass is 361 g/mol. The molecule has 0 spiro atoms. The van der Waals surface area contributed by atoms with Gasteiger partial charge >= 0.3 is 0 Å². The van der Waals surface area contributed by atoms with Gasteiger partial charge in [0.2, 0.25) is 0 Å². The van der Waals surface area contributed by atoms with E-state index in [0.29, 0.717) is 11.5 Å². The van der Waals surface area contributed by atoms with E-state index in [1.807, 2.05) is 11.4 Å². The molecule has 0 aliphatic carbocycles. The second kappa shape index (κ2) is 6.38. The molecular weight excluding hydrogens is 342 g/mol. The van der Waals surface area contributed by atoms with Gasteiger partial charge in [0.05, 0.1) is 11.4 Å². The predicted molar refractivity (Wildman–Crippen MR) is 107 cm³/mol. The number of anilines is 1. The van der Waals surface area contributed by atoms with Crippen molar-refractivity contribution in [2.75, 3.05) is 5.73 Å². The van der Waals surface area contributed by atoms with Crippen LogP contribution >= 0.6 is 11.3 Å². The number of nitrogen functional groups attached to an aromatic ring is 1. The molecule has 4 aromatic rings. The van der Waals surface area contributed by atoms with E-state index in [9.17, 15) is 0 Å². The normalized spacial score (nSPS) is 11.0. The topological polar surface area (TPSA) is 69.6 Å². The maximum atomic E-state index is 6.33. The van der Waals surface area contributed by atoms with E-state index in [-0.39, 0.29) is 0 Å². The lowest BCUT2D eigenvalue weighted by atomic mass is 10.1. The molecule has 0 aliphatic heterocycles. The quantitative estimate of drug-likeness (QED) is 0.580. The molecule has 0 atom stereocenters. The number of hydrogen-bond donors (Lipinski definition) is 1. The summed E-state index contributed by atoms with van der Waals surface area (Å²) in [5.74, 6) is 0.498. The molecule has 0 aliphatic rings. The summed E-state index contributed by atoms with van der Waals surface area (Å²) < 4.78 is 1.66. The molecule has 6 heteroatoms. The van der Waals surface area contributed by atoms with Crippen LogP contribution in [0.3, 0.4) is 0 Å². The highest BCUT2D eigenvalue weighted by atomic mass is 32.1. The SMILES string of the molecule is Cc1ccc(-c2csc(-c3nnn(-c4ccc(C)c(C)c4)c3N)n2)cc1. The van der Waals surface area contributed by atoms with Gasteiger partial charge in [0.25, 0.3) is 0 Å². The van der Waals surface area contributed by atoms with E-state index in [1.165, 1.54) is 28.0 Å². The Labute approximate surface area is 156 Å².